The zero-order valence-corrected chi connectivity index (χ0v) is 17.4. The molecule has 27 heavy (non-hydrogen) atoms. The SMILES string of the molecule is COc1ccc(Br)cc1CSc1nc2ccccc2cc1C1=NCCCN1. The van der Waals surface area contributed by atoms with E-state index in [4.69, 9.17) is 14.7 Å². The number of thioether (sulfide) groups is 1. The second kappa shape index (κ2) is 8.31. The number of nitrogens with zero attached hydrogens (tertiary/aromatic N) is 2. The van der Waals surface area contributed by atoms with Gasteiger partial charge in [-0.05, 0) is 36.8 Å². The van der Waals surface area contributed by atoms with E-state index in [1.165, 1.54) is 0 Å². The Balaban J connectivity index is 1.71. The minimum atomic E-state index is 0.772. The van der Waals surface area contributed by atoms with E-state index in [0.29, 0.717) is 0 Å². The van der Waals surface area contributed by atoms with Gasteiger partial charge in [0.2, 0.25) is 0 Å². The molecule has 0 saturated carbocycles. The number of para-hydroxylation sites is 1. The van der Waals surface area contributed by atoms with Crippen molar-refractivity contribution < 1.29 is 4.74 Å². The molecular formula is C21H20BrN3OS. The Kier molecular flexibility index (Phi) is 5.64. The smallest absolute Gasteiger partial charge is 0.131 e. The first-order valence-corrected chi connectivity index (χ1v) is 10.7. The molecule has 2 aromatic carbocycles. The minimum Gasteiger partial charge on any atom is -0.496 e. The summed E-state index contributed by atoms with van der Waals surface area (Å²) in [5.41, 5.74) is 3.21. The van der Waals surface area contributed by atoms with E-state index in [9.17, 15) is 0 Å². The van der Waals surface area contributed by atoms with Crippen LogP contribution in [0.1, 0.15) is 17.5 Å². The average molecular weight is 442 g/mol. The summed E-state index contributed by atoms with van der Waals surface area (Å²) in [6, 6.07) is 16.5. The van der Waals surface area contributed by atoms with Gasteiger partial charge >= 0.3 is 0 Å². The lowest BCUT2D eigenvalue weighted by molar-refractivity contribution is 0.411. The largest absolute Gasteiger partial charge is 0.496 e. The molecule has 0 unspecified atom stereocenters. The molecule has 4 rings (SSSR count). The van der Waals surface area contributed by atoms with Gasteiger partial charge in [0.25, 0.3) is 0 Å². The van der Waals surface area contributed by atoms with Crippen molar-refractivity contribution in [1.29, 1.82) is 0 Å². The van der Waals surface area contributed by atoms with Crippen molar-refractivity contribution >= 4 is 44.4 Å². The van der Waals surface area contributed by atoms with Crippen molar-refractivity contribution in [2.75, 3.05) is 20.2 Å². The number of hydrogen-bond acceptors (Lipinski definition) is 5. The highest BCUT2D eigenvalue weighted by atomic mass is 79.9. The predicted molar refractivity (Wildman–Crippen MR) is 116 cm³/mol. The molecule has 2 heterocycles. The molecule has 0 spiro atoms. The van der Waals surface area contributed by atoms with Gasteiger partial charge in [-0.2, -0.15) is 0 Å². The van der Waals surface area contributed by atoms with Crippen LogP contribution >= 0.6 is 27.7 Å². The highest BCUT2D eigenvalue weighted by Crippen LogP contribution is 2.32. The quantitative estimate of drug-likeness (QED) is 0.563. The van der Waals surface area contributed by atoms with E-state index in [2.05, 4.69) is 45.5 Å². The molecule has 1 aliphatic heterocycles. The summed E-state index contributed by atoms with van der Waals surface area (Å²) in [6.45, 7) is 1.81. The van der Waals surface area contributed by atoms with Crippen LogP contribution in [-0.4, -0.2) is 31.0 Å². The van der Waals surface area contributed by atoms with E-state index in [0.717, 1.165) is 68.4 Å². The first kappa shape index (κ1) is 18.3. The van der Waals surface area contributed by atoms with Crippen LogP contribution in [0.15, 0.2) is 63.0 Å². The maximum Gasteiger partial charge on any atom is 0.131 e. The van der Waals surface area contributed by atoms with Gasteiger partial charge in [-0.1, -0.05) is 34.1 Å². The maximum absolute atomic E-state index is 5.51. The van der Waals surface area contributed by atoms with E-state index in [1.807, 2.05) is 24.3 Å². The Morgan fingerprint density at radius 1 is 1.19 bits per heavy atom. The molecule has 0 radical (unpaired) electrons. The van der Waals surface area contributed by atoms with Crippen LogP contribution in [0.2, 0.25) is 0 Å². The fourth-order valence-corrected chi connectivity index (χ4v) is 4.50. The first-order chi connectivity index (χ1) is 13.2. The first-order valence-electron chi connectivity index (χ1n) is 8.88. The third-order valence-corrected chi connectivity index (χ3v) is 5.98. The number of halogens is 1. The topological polar surface area (TPSA) is 46.5 Å². The standard InChI is InChI=1S/C21H20BrN3OS/c1-26-19-8-7-16(22)11-15(19)13-27-21-17(20-23-9-4-10-24-20)12-14-5-2-3-6-18(14)25-21/h2-3,5-8,11-12H,4,9-10,13H2,1H3,(H,23,24). The van der Waals surface area contributed by atoms with Crippen LogP contribution in [0.4, 0.5) is 0 Å². The number of aromatic nitrogens is 1. The lowest BCUT2D eigenvalue weighted by Gasteiger charge is -2.18. The summed E-state index contributed by atoms with van der Waals surface area (Å²) in [5.74, 6) is 2.61. The molecular weight excluding hydrogens is 422 g/mol. The van der Waals surface area contributed by atoms with E-state index >= 15 is 0 Å². The number of ether oxygens (including phenoxy) is 1. The molecule has 3 aromatic rings. The Bertz CT molecular complexity index is 1010. The number of fused-ring (bicyclic) bond motifs is 1. The van der Waals surface area contributed by atoms with E-state index in [-0.39, 0.29) is 0 Å². The van der Waals surface area contributed by atoms with Crippen molar-refractivity contribution in [1.82, 2.24) is 10.3 Å². The van der Waals surface area contributed by atoms with Crippen molar-refractivity contribution in [3.63, 3.8) is 0 Å². The van der Waals surface area contributed by atoms with Crippen molar-refractivity contribution in [2.24, 2.45) is 4.99 Å². The third-order valence-electron chi connectivity index (χ3n) is 4.45. The molecule has 6 heteroatoms. The van der Waals surface area contributed by atoms with Crippen LogP contribution in [-0.2, 0) is 5.75 Å². The monoisotopic (exact) mass is 441 g/mol. The molecule has 4 nitrogen and oxygen atoms in total. The van der Waals surface area contributed by atoms with Crippen LogP contribution in [0.25, 0.3) is 10.9 Å². The summed E-state index contributed by atoms with van der Waals surface area (Å²) in [4.78, 5) is 9.62. The van der Waals surface area contributed by atoms with Gasteiger partial charge in [0, 0.05) is 39.8 Å². The molecule has 0 saturated heterocycles. The highest BCUT2D eigenvalue weighted by Gasteiger charge is 2.16. The molecule has 1 aromatic heterocycles. The minimum absolute atomic E-state index is 0.772. The highest BCUT2D eigenvalue weighted by molar-refractivity contribution is 9.10. The summed E-state index contributed by atoms with van der Waals surface area (Å²) >= 11 is 5.27. The fourth-order valence-electron chi connectivity index (χ4n) is 3.10. The second-order valence-corrected chi connectivity index (χ2v) is 8.17. The van der Waals surface area contributed by atoms with Gasteiger partial charge in [0.1, 0.15) is 16.6 Å². The van der Waals surface area contributed by atoms with Gasteiger partial charge < -0.3 is 10.1 Å². The molecule has 0 aliphatic carbocycles. The van der Waals surface area contributed by atoms with E-state index < -0.39 is 0 Å². The molecule has 1 aliphatic rings. The Hall–Kier alpha value is -2.05. The lowest BCUT2D eigenvalue weighted by atomic mass is 10.1. The number of hydrogen-bond donors (Lipinski definition) is 1. The summed E-state index contributed by atoms with van der Waals surface area (Å²) in [7, 11) is 1.71. The maximum atomic E-state index is 5.51. The molecule has 1 N–H and O–H groups in total. The van der Waals surface area contributed by atoms with Gasteiger partial charge in [-0.25, -0.2) is 4.98 Å². The fraction of sp³-hybridized carbons (Fsp3) is 0.238. The molecule has 0 amide bonds. The summed E-state index contributed by atoms with van der Waals surface area (Å²) in [5, 5.41) is 5.56. The Morgan fingerprint density at radius 2 is 2.07 bits per heavy atom. The Morgan fingerprint density at radius 3 is 2.89 bits per heavy atom. The van der Waals surface area contributed by atoms with Crippen LogP contribution in [0, 0.1) is 0 Å². The normalized spacial score (nSPS) is 13.9. The number of amidine groups is 1. The van der Waals surface area contributed by atoms with Crippen molar-refractivity contribution in [2.45, 2.75) is 17.2 Å². The summed E-state index contributed by atoms with van der Waals surface area (Å²) in [6.07, 6.45) is 1.07. The van der Waals surface area contributed by atoms with E-state index in [1.54, 1.807) is 18.9 Å². The number of pyridine rings is 1. The van der Waals surface area contributed by atoms with Gasteiger partial charge in [0.05, 0.1) is 12.6 Å². The van der Waals surface area contributed by atoms with Crippen LogP contribution < -0.4 is 10.1 Å². The third kappa shape index (κ3) is 4.12. The average Bonchev–Trinajstić information content (AvgIpc) is 2.72. The number of methoxy groups -OCH3 is 1. The second-order valence-electron chi connectivity index (χ2n) is 6.29. The zero-order valence-electron chi connectivity index (χ0n) is 15.0. The number of benzene rings is 2. The Labute approximate surface area is 171 Å². The number of nitrogens with one attached hydrogen (secondary N) is 1. The van der Waals surface area contributed by atoms with Crippen LogP contribution in [0.3, 0.4) is 0 Å². The molecule has 0 atom stereocenters. The molecule has 138 valence electrons. The van der Waals surface area contributed by atoms with Gasteiger partial charge in [0.15, 0.2) is 0 Å². The van der Waals surface area contributed by atoms with Gasteiger partial charge in [-0.3, -0.25) is 4.99 Å². The molecule has 0 fully saturated rings. The van der Waals surface area contributed by atoms with Crippen LogP contribution in [0.5, 0.6) is 5.75 Å². The van der Waals surface area contributed by atoms with Crippen molar-refractivity contribution in [3.8, 4) is 5.75 Å². The molecule has 0 bridgehead atoms. The predicted octanol–water partition coefficient (Wildman–Crippen LogP) is 5.04. The summed E-state index contributed by atoms with van der Waals surface area (Å²) < 4.78 is 6.56. The number of rotatable bonds is 5. The van der Waals surface area contributed by atoms with Crippen molar-refractivity contribution in [3.05, 3.63) is 64.1 Å². The zero-order chi connectivity index (χ0) is 18.6. The lowest BCUT2D eigenvalue weighted by Crippen LogP contribution is -2.30. The number of aliphatic imine (C=N–C) groups is 1. The van der Waals surface area contributed by atoms with Gasteiger partial charge in [-0.15, -0.1) is 11.8 Å².